The minimum atomic E-state index is 0.273. The summed E-state index contributed by atoms with van der Waals surface area (Å²) in [6, 6.07) is 0.686. The molecule has 1 aliphatic heterocycles. The normalized spacial score (nSPS) is 16.9. The molecule has 0 amide bonds. The fourth-order valence-corrected chi connectivity index (χ4v) is 2.62. The number of nitrogens with two attached hydrogens (primary N) is 1. The average Bonchev–Trinajstić information content (AvgIpc) is 2.99. The van der Waals surface area contributed by atoms with Crippen LogP contribution in [0.3, 0.4) is 0 Å². The Morgan fingerprint density at radius 3 is 2.88 bits per heavy atom. The highest BCUT2D eigenvalue weighted by atomic mass is 16.5. The Hall–Kier alpha value is -2.54. The number of hydrogen-bond donors (Lipinski definition) is 3. The maximum Gasteiger partial charge on any atom is 0.319 e. The van der Waals surface area contributed by atoms with E-state index in [2.05, 4.69) is 45.5 Å². The number of hydrogen-bond acceptors (Lipinski definition) is 6. The number of aromatic amines is 1. The maximum absolute atomic E-state index is 6.01. The van der Waals surface area contributed by atoms with E-state index in [4.69, 9.17) is 15.2 Å². The summed E-state index contributed by atoms with van der Waals surface area (Å²) in [6.45, 7) is 3.02. The summed E-state index contributed by atoms with van der Waals surface area (Å²) < 4.78 is 10.5. The number of nitrogens with one attached hydrogen (secondary N) is 2. The van der Waals surface area contributed by atoms with Gasteiger partial charge >= 0.3 is 6.01 Å². The van der Waals surface area contributed by atoms with Crippen LogP contribution in [0.5, 0.6) is 6.01 Å². The van der Waals surface area contributed by atoms with E-state index in [1.807, 2.05) is 6.20 Å². The summed E-state index contributed by atoms with van der Waals surface area (Å²) in [5.41, 5.74) is 9.80. The van der Waals surface area contributed by atoms with Crippen molar-refractivity contribution in [2.75, 3.05) is 26.1 Å². The molecule has 7 heteroatoms. The van der Waals surface area contributed by atoms with E-state index in [1.165, 1.54) is 5.57 Å². The van der Waals surface area contributed by atoms with Gasteiger partial charge in [0.15, 0.2) is 5.82 Å². The van der Waals surface area contributed by atoms with Crippen LogP contribution in [-0.4, -0.2) is 41.3 Å². The number of anilines is 1. The SMILES string of the molecule is CCC1C=CC(Cc2c[nH]c3c(N)nc(OCCOC)nc23)=CN1. The molecule has 0 spiro atoms. The van der Waals surface area contributed by atoms with Crippen LogP contribution in [-0.2, 0) is 11.2 Å². The van der Waals surface area contributed by atoms with Gasteiger partial charge in [0, 0.05) is 37.5 Å². The number of methoxy groups -OCH3 is 1. The molecule has 0 radical (unpaired) electrons. The van der Waals surface area contributed by atoms with Crippen LogP contribution >= 0.6 is 0 Å². The molecule has 1 unspecified atom stereocenters. The Bertz CT molecular complexity index is 766. The second-order valence-electron chi connectivity index (χ2n) is 5.71. The first-order chi connectivity index (χ1) is 11.7. The molecule has 4 N–H and O–H groups in total. The smallest absolute Gasteiger partial charge is 0.319 e. The number of ether oxygens (including phenoxy) is 2. The molecular formula is C17H23N5O2. The zero-order valence-corrected chi connectivity index (χ0v) is 14.0. The van der Waals surface area contributed by atoms with Gasteiger partial charge in [-0.25, -0.2) is 0 Å². The zero-order valence-electron chi connectivity index (χ0n) is 14.0. The summed E-state index contributed by atoms with van der Waals surface area (Å²) in [5.74, 6) is 0.385. The van der Waals surface area contributed by atoms with E-state index >= 15 is 0 Å². The summed E-state index contributed by atoms with van der Waals surface area (Å²) in [4.78, 5) is 11.8. The molecule has 7 nitrogen and oxygen atoms in total. The van der Waals surface area contributed by atoms with Crippen molar-refractivity contribution in [2.24, 2.45) is 0 Å². The third kappa shape index (κ3) is 3.51. The number of fused-ring (bicyclic) bond motifs is 1. The van der Waals surface area contributed by atoms with Crippen molar-refractivity contribution in [2.45, 2.75) is 25.8 Å². The van der Waals surface area contributed by atoms with E-state index in [-0.39, 0.29) is 6.01 Å². The van der Waals surface area contributed by atoms with Crippen LogP contribution in [0, 0.1) is 0 Å². The molecule has 3 heterocycles. The van der Waals surface area contributed by atoms with Gasteiger partial charge in [0.2, 0.25) is 0 Å². The summed E-state index contributed by atoms with van der Waals surface area (Å²) >= 11 is 0. The highest BCUT2D eigenvalue weighted by Gasteiger charge is 2.14. The number of dihydropyridines is 1. The predicted molar refractivity (Wildman–Crippen MR) is 93.8 cm³/mol. The second-order valence-corrected chi connectivity index (χ2v) is 5.71. The number of nitrogens with zero attached hydrogens (tertiary/aromatic N) is 2. The molecule has 3 rings (SSSR count). The van der Waals surface area contributed by atoms with Gasteiger partial charge in [-0.05, 0) is 12.0 Å². The molecule has 128 valence electrons. The van der Waals surface area contributed by atoms with Gasteiger partial charge in [-0.3, -0.25) is 0 Å². The Labute approximate surface area is 141 Å². The lowest BCUT2D eigenvalue weighted by Crippen LogP contribution is -2.23. The molecule has 1 atom stereocenters. The van der Waals surface area contributed by atoms with Crippen LogP contribution < -0.4 is 15.8 Å². The lowest BCUT2D eigenvalue weighted by Gasteiger charge is -2.16. The van der Waals surface area contributed by atoms with Crippen molar-refractivity contribution in [1.82, 2.24) is 20.3 Å². The average molecular weight is 329 g/mol. The molecule has 0 saturated heterocycles. The second kappa shape index (κ2) is 7.35. The highest BCUT2D eigenvalue weighted by molar-refractivity contribution is 5.87. The molecule has 1 aliphatic rings. The van der Waals surface area contributed by atoms with Crippen molar-refractivity contribution < 1.29 is 9.47 Å². The first-order valence-electron chi connectivity index (χ1n) is 8.09. The van der Waals surface area contributed by atoms with Crippen molar-refractivity contribution in [3.63, 3.8) is 0 Å². The van der Waals surface area contributed by atoms with Gasteiger partial charge in [0.1, 0.15) is 17.6 Å². The van der Waals surface area contributed by atoms with E-state index in [9.17, 15) is 0 Å². The summed E-state index contributed by atoms with van der Waals surface area (Å²) in [6.07, 6.45) is 10.2. The molecule has 0 aromatic carbocycles. The van der Waals surface area contributed by atoms with Crippen molar-refractivity contribution in [1.29, 1.82) is 0 Å². The van der Waals surface area contributed by atoms with Gasteiger partial charge in [-0.2, -0.15) is 9.97 Å². The molecule has 2 aromatic heterocycles. The first-order valence-corrected chi connectivity index (χ1v) is 8.09. The topological polar surface area (TPSA) is 98.1 Å². The van der Waals surface area contributed by atoms with Crippen LogP contribution in [0.1, 0.15) is 18.9 Å². The number of rotatable bonds is 7. The molecule has 0 aliphatic carbocycles. The molecular weight excluding hydrogens is 306 g/mol. The Morgan fingerprint density at radius 1 is 1.29 bits per heavy atom. The molecule has 24 heavy (non-hydrogen) atoms. The van der Waals surface area contributed by atoms with E-state index < -0.39 is 0 Å². The standard InChI is InChI=1S/C17H23N5O2/c1-3-13-5-4-11(9-19-13)8-12-10-20-15-14(12)21-17(22-16(15)18)24-7-6-23-2/h4-5,9-10,13,19-20H,3,6-8H2,1-2H3,(H2,18,21,22). The largest absolute Gasteiger partial charge is 0.461 e. The Morgan fingerprint density at radius 2 is 2.17 bits per heavy atom. The first kappa shape index (κ1) is 16.3. The predicted octanol–water partition coefficient (Wildman–Crippen LogP) is 1.93. The van der Waals surface area contributed by atoms with Crippen molar-refractivity contribution >= 4 is 16.9 Å². The third-order valence-electron chi connectivity index (χ3n) is 3.99. The highest BCUT2D eigenvalue weighted by Crippen LogP contribution is 2.25. The minimum Gasteiger partial charge on any atom is -0.461 e. The molecule has 0 saturated carbocycles. The van der Waals surface area contributed by atoms with Crippen LogP contribution in [0.2, 0.25) is 0 Å². The van der Waals surface area contributed by atoms with Gasteiger partial charge in [-0.15, -0.1) is 0 Å². The lowest BCUT2D eigenvalue weighted by molar-refractivity contribution is 0.141. The van der Waals surface area contributed by atoms with E-state index in [0.29, 0.717) is 25.1 Å². The maximum atomic E-state index is 6.01. The fraction of sp³-hybridized carbons (Fsp3) is 0.412. The van der Waals surface area contributed by atoms with Crippen molar-refractivity contribution in [3.8, 4) is 6.01 Å². The Kier molecular flexibility index (Phi) is 5.00. The third-order valence-corrected chi connectivity index (χ3v) is 3.99. The molecule has 0 fully saturated rings. The van der Waals surface area contributed by atoms with Gasteiger partial charge in [-0.1, -0.05) is 19.1 Å². The van der Waals surface area contributed by atoms with Crippen LogP contribution in [0.25, 0.3) is 11.0 Å². The van der Waals surface area contributed by atoms with Crippen LogP contribution in [0.4, 0.5) is 5.82 Å². The molecule has 2 aromatic rings. The zero-order chi connectivity index (χ0) is 16.9. The fourth-order valence-electron chi connectivity index (χ4n) is 2.62. The summed E-state index contributed by atoms with van der Waals surface area (Å²) in [5, 5.41) is 3.38. The van der Waals surface area contributed by atoms with Crippen molar-refractivity contribution in [3.05, 3.63) is 35.7 Å². The quantitative estimate of drug-likeness (QED) is 0.672. The minimum absolute atomic E-state index is 0.273. The van der Waals surface area contributed by atoms with E-state index in [0.717, 1.165) is 29.4 Å². The van der Waals surface area contributed by atoms with Crippen LogP contribution in [0.15, 0.2) is 30.1 Å². The number of allylic oxidation sites excluding steroid dienone is 2. The van der Waals surface area contributed by atoms with E-state index in [1.54, 1.807) is 7.11 Å². The van der Waals surface area contributed by atoms with Gasteiger partial charge < -0.3 is 25.5 Å². The number of aromatic nitrogens is 3. The molecule has 0 bridgehead atoms. The lowest BCUT2D eigenvalue weighted by atomic mass is 10.0. The monoisotopic (exact) mass is 329 g/mol. The Balaban J connectivity index is 1.81. The number of H-pyrrole nitrogens is 1. The summed E-state index contributed by atoms with van der Waals surface area (Å²) in [7, 11) is 1.62. The number of nitrogen functional groups attached to an aromatic ring is 1. The van der Waals surface area contributed by atoms with Gasteiger partial charge in [0.05, 0.1) is 6.61 Å². The van der Waals surface area contributed by atoms with Gasteiger partial charge in [0.25, 0.3) is 0 Å².